The van der Waals surface area contributed by atoms with Gasteiger partial charge in [-0.1, -0.05) is 18.6 Å². The van der Waals surface area contributed by atoms with Gasteiger partial charge in [0.2, 0.25) is 8.32 Å². The van der Waals surface area contributed by atoms with Gasteiger partial charge in [-0.3, -0.25) is 4.79 Å². The Morgan fingerprint density at radius 1 is 1.31 bits per heavy atom. The Morgan fingerprint density at radius 2 is 1.88 bits per heavy atom. The molecule has 0 aliphatic rings. The molecule has 1 atom stereocenters. The van der Waals surface area contributed by atoms with E-state index < -0.39 is 8.32 Å². The van der Waals surface area contributed by atoms with Crippen LogP contribution in [-0.4, -0.2) is 14.3 Å². The largest absolute Gasteiger partial charge is 0.520 e. The standard InChI is InChI=1S/C13H26O2Si/c1-11(2)8-7-9-12(3)10-13(14)15-16(4,5)6/h8,12H,7,9-10H2,1-6H3. The van der Waals surface area contributed by atoms with E-state index >= 15 is 0 Å². The van der Waals surface area contributed by atoms with Crippen LogP contribution in [0.15, 0.2) is 11.6 Å². The van der Waals surface area contributed by atoms with Crippen molar-refractivity contribution in [3.05, 3.63) is 11.6 Å². The maximum atomic E-state index is 11.6. The van der Waals surface area contributed by atoms with Crippen LogP contribution in [-0.2, 0) is 9.22 Å². The van der Waals surface area contributed by atoms with Gasteiger partial charge in [0.25, 0.3) is 5.97 Å². The maximum Gasteiger partial charge on any atom is 0.292 e. The third-order valence-corrected chi connectivity index (χ3v) is 2.99. The highest BCUT2D eigenvalue weighted by Gasteiger charge is 2.20. The van der Waals surface area contributed by atoms with Crippen molar-refractivity contribution in [3.8, 4) is 0 Å². The maximum absolute atomic E-state index is 11.6. The Bertz CT molecular complexity index is 247. The minimum absolute atomic E-state index is 0.0242. The second-order valence-corrected chi connectivity index (χ2v) is 10.2. The molecule has 0 heterocycles. The normalized spacial score (nSPS) is 13.1. The van der Waals surface area contributed by atoms with Gasteiger partial charge in [-0.25, -0.2) is 0 Å². The molecule has 0 radical (unpaired) electrons. The zero-order valence-corrected chi connectivity index (χ0v) is 12.6. The molecule has 0 spiro atoms. The lowest BCUT2D eigenvalue weighted by Gasteiger charge is -2.19. The van der Waals surface area contributed by atoms with E-state index in [1.807, 2.05) is 19.6 Å². The second-order valence-electron chi connectivity index (χ2n) is 5.75. The molecule has 0 fully saturated rings. The van der Waals surface area contributed by atoms with Gasteiger partial charge in [0, 0.05) is 6.42 Å². The summed E-state index contributed by atoms with van der Waals surface area (Å²) < 4.78 is 5.42. The van der Waals surface area contributed by atoms with E-state index in [4.69, 9.17) is 4.43 Å². The van der Waals surface area contributed by atoms with Crippen molar-refractivity contribution in [1.82, 2.24) is 0 Å². The molecule has 0 N–H and O–H groups in total. The SMILES string of the molecule is CC(C)=CCCC(C)CC(=O)O[Si](C)(C)C. The van der Waals surface area contributed by atoms with E-state index in [2.05, 4.69) is 26.8 Å². The molecule has 16 heavy (non-hydrogen) atoms. The number of hydrogen-bond donors (Lipinski definition) is 0. The molecule has 2 nitrogen and oxygen atoms in total. The third kappa shape index (κ3) is 9.96. The van der Waals surface area contributed by atoms with E-state index in [1.54, 1.807) is 0 Å². The van der Waals surface area contributed by atoms with Crippen LogP contribution < -0.4 is 0 Å². The molecule has 0 aliphatic carbocycles. The lowest BCUT2D eigenvalue weighted by Crippen LogP contribution is -2.29. The minimum atomic E-state index is -1.70. The van der Waals surface area contributed by atoms with Crippen molar-refractivity contribution in [2.75, 3.05) is 0 Å². The Hall–Kier alpha value is -0.573. The fraction of sp³-hybridized carbons (Fsp3) is 0.769. The minimum Gasteiger partial charge on any atom is -0.520 e. The summed E-state index contributed by atoms with van der Waals surface area (Å²) in [4.78, 5) is 11.6. The quantitative estimate of drug-likeness (QED) is 0.517. The highest BCUT2D eigenvalue weighted by atomic mass is 28.4. The van der Waals surface area contributed by atoms with Crippen LogP contribution >= 0.6 is 0 Å². The van der Waals surface area contributed by atoms with E-state index in [0.717, 1.165) is 12.8 Å². The van der Waals surface area contributed by atoms with E-state index in [9.17, 15) is 4.79 Å². The summed E-state index contributed by atoms with van der Waals surface area (Å²) in [7, 11) is -1.70. The molecule has 0 saturated carbocycles. The van der Waals surface area contributed by atoms with Crippen LogP contribution in [0.25, 0.3) is 0 Å². The number of allylic oxidation sites excluding steroid dienone is 2. The van der Waals surface area contributed by atoms with Gasteiger partial charge in [-0.2, -0.15) is 0 Å². The molecule has 0 bridgehead atoms. The fourth-order valence-electron chi connectivity index (χ4n) is 1.43. The average Bonchev–Trinajstić information content (AvgIpc) is 1.98. The molecular weight excluding hydrogens is 216 g/mol. The van der Waals surface area contributed by atoms with Crippen LogP contribution in [0.5, 0.6) is 0 Å². The first-order valence-corrected chi connectivity index (χ1v) is 9.46. The Morgan fingerprint density at radius 3 is 2.31 bits per heavy atom. The van der Waals surface area contributed by atoms with Crippen LogP contribution in [0.1, 0.15) is 40.0 Å². The Labute approximate surface area is 101 Å². The number of rotatable bonds is 6. The molecule has 94 valence electrons. The van der Waals surface area contributed by atoms with Crippen molar-refractivity contribution < 1.29 is 9.22 Å². The van der Waals surface area contributed by atoms with Crippen molar-refractivity contribution in [1.29, 1.82) is 0 Å². The average molecular weight is 242 g/mol. The highest BCUT2D eigenvalue weighted by Crippen LogP contribution is 2.14. The summed E-state index contributed by atoms with van der Waals surface area (Å²) in [6.07, 6.45) is 4.90. The molecule has 0 saturated heterocycles. The van der Waals surface area contributed by atoms with Crippen molar-refractivity contribution in [3.63, 3.8) is 0 Å². The Kier molecular flexibility index (Phi) is 6.64. The molecule has 0 aromatic rings. The smallest absolute Gasteiger partial charge is 0.292 e. The first-order valence-electron chi connectivity index (χ1n) is 6.06. The third-order valence-electron chi connectivity index (χ3n) is 2.15. The van der Waals surface area contributed by atoms with Crippen molar-refractivity contribution in [2.24, 2.45) is 5.92 Å². The summed E-state index contributed by atoms with van der Waals surface area (Å²) in [6, 6.07) is 0. The molecular formula is C13H26O2Si. The molecule has 1 unspecified atom stereocenters. The summed E-state index contributed by atoms with van der Waals surface area (Å²) in [6.45, 7) is 12.4. The monoisotopic (exact) mass is 242 g/mol. The molecule has 0 amide bonds. The molecule has 0 aliphatic heterocycles. The molecule has 3 heteroatoms. The predicted molar refractivity (Wildman–Crippen MR) is 71.9 cm³/mol. The highest BCUT2D eigenvalue weighted by molar-refractivity contribution is 6.71. The van der Waals surface area contributed by atoms with Crippen LogP contribution in [0.2, 0.25) is 19.6 Å². The van der Waals surface area contributed by atoms with E-state index in [1.165, 1.54) is 5.57 Å². The lowest BCUT2D eigenvalue weighted by molar-refractivity contribution is -0.136. The summed E-state index contributed by atoms with van der Waals surface area (Å²) in [5, 5.41) is 0. The number of carbonyl (C=O) groups excluding carboxylic acids is 1. The van der Waals surface area contributed by atoms with Crippen LogP contribution in [0.4, 0.5) is 0 Å². The van der Waals surface area contributed by atoms with Crippen molar-refractivity contribution >= 4 is 14.3 Å². The zero-order valence-electron chi connectivity index (χ0n) is 11.6. The van der Waals surface area contributed by atoms with Crippen LogP contribution in [0.3, 0.4) is 0 Å². The van der Waals surface area contributed by atoms with Gasteiger partial charge in [0.1, 0.15) is 0 Å². The van der Waals surface area contributed by atoms with E-state index in [0.29, 0.717) is 12.3 Å². The van der Waals surface area contributed by atoms with Gasteiger partial charge in [0.15, 0.2) is 0 Å². The number of carbonyl (C=O) groups is 1. The molecule has 0 rings (SSSR count). The van der Waals surface area contributed by atoms with Crippen LogP contribution in [0, 0.1) is 5.92 Å². The molecule has 0 aromatic carbocycles. The lowest BCUT2D eigenvalue weighted by atomic mass is 10.0. The first-order chi connectivity index (χ1) is 7.20. The zero-order chi connectivity index (χ0) is 12.8. The second kappa shape index (κ2) is 6.89. The van der Waals surface area contributed by atoms with Gasteiger partial charge >= 0.3 is 0 Å². The summed E-state index contributed by atoms with van der Waals surface area (Å²) in [5.41, 5.74) is 1.34. The van der Waals surface area contributed by atoms with Gasteiger partial charge in [0.05, 0.1) is 0 Å². The topological polar surface area (TPSA) is 26.3 Å². The summed E-state index contributed by atoms with van der Waals surface area (Å²) in [5.74, 6) is 0.392. The van der Waals surface area contributed by atoms with Gasteiger partial charge < -0.3 is 4.43 Å². The van der Waals surface area contributed by atoms with Gasteiger partial charge in [-0.15, -0.1) is 0 Å². The predicted octanol–water partition coefficient (Wildman–Crippen LogP) is 4.14. The number of hydrogen-bond acceptors (Lipinski definition) is 2. The molecule has 0 aromatic heterocycles. The van der Waals surface area contributed by atoms with Gasteiger partial charge in [-0.05, 0) is 52.2 Å². The van der Waals surface area contributed by atoms with Crippen molar-refractivity contribution in [2.45, 2.75) is 59.7 Å². The fourth-order valence-corrected chi connectivity index (χ4v) is 2.19. The first kappa shape index (κ1) is 15.4. The van der Waals surface area contributed by atoms with E-state index in [-0.39, 0.29) is 5.97 Å². The summed E-state index contributed by atoms with van der Waals surface area (Å²) >= 11 is 0. The Balaban J connectivity index is 3.83.